The van der Waals surface area contributed by atoms with Gasteiger partial charge in [0, 0.05) is 47.0 Å². The van der Waals surface area contributed by atoms with E-state index in [1.807, 2.05) is 20.8 Å². The Bertz CT molecular complexity index is 798. The van der Waals surface area contributed by atoms with Crippen LogP contribution in [0, 0.1) is 23.7 Å². The van der Waals surface area contributed by atoms with Gasteiger partial charge in [0.15, 0.2) is 0 Å². The van der Waals surface area contributed by atoms with Gasteiger partial charge in [-0.3, -0.25) is 13.8 Å². The summed E-state index contributed by atoms with van der Waals surface area (Å²) in [5, 5.41) is 0. The zero-order valence-electron chi connectivity index (χ0n) is 22.5. The van der Waals surface area contributed by atoms with Gasteiger partial charge < -0.3 is 14.2 Å². The first kappa shape index (κ1) is 27.6. The lowest BCUT2D eigenvalue weighted by Crippen LogP contribution is -2.57. The highest BCUT2D eigenvalue weighted by Crippen LogP contribution is 2.58. The topological polar surface area (TPSA) is 78.9 Å². The molecule has 6 nitrogen and oxygen atoms in total. The normalized spacial score (nSPS) is 43.3. The maximum absolute atomic E-state index is 13.0. The van der Waals surface area contributed by atoms with E-state index in [4.69, 9.17) is 14.2 Å². The Kier molecular flexibility index (Phi) is 8.29. The molecule has 0 aromatic heterocycles. The van der Waals surface area contributed by atoms with Gasteiger partial charge in [-0.05, 0) is 77.6 Å². The second kappa shape index (κ2) is 10.2. The number of esters is 2. The fourth-order valence-corrected chi connectivity index (χ4v) is 8.05. The van der Waals surface area contributed by atoms with Crippen LogP contribution in [0.1, 0.15) is 99.8 Å². The van der Waals surface area contributed by atoms with Crippen LogP contribution < -0.4 is 0 Å². The van der Waals surface area contributed by atoms with E-state index >= 15 is 0 Å². The molecule has 3 fully saturated rings. The average molecular weight is 499 g/mol. The Morgan fingerprint density at radius 3 is 2.32 bits per heavy atom. The number of carbonyl (C=O) groups is 2. The molecule has 0 amide bonds. The highest BCUT2D eigenvalue weighted by molar-refractivity contribution is 7.85. The van der Waals surface area contributed by atoms with Crippen LogP contribution >= 0.6 is 0 Å². The molecule has 3 rings (SSSR count). The number of hydrogen-bond donors (Lipinski definition) is 0. The van der Waals surface area contributed by atoms with Crippen molar-refractivity contribution in [3.05, 3.63) is 0 Å². The first-order valence-electron chi connectivity index (χ1n) is 13.2. The fourth-order valence-electron chi connectivity index (χ4n) is 7.22. The Morgan fingerprint density at radius 1 is 1.09 bits per heavy atom. The van der Waals surface area contributed by atoms with Crippen molar-refractivity contribution in [2.24, 2.45) is 23.7 Å². The number of ether oxygens (including phenoxy) is 3. The van der Waals surface area contributed by atoms with Gasteiger partial charge in [-0.15, -0.1) is 0 Å². The molecular weight excluding hydrogens is 452 g/mol. The predicted octanol–water partition coefficient (Wildman–Crippen LogP) is 5.19. The average Bonchev–Trinajstić information content (AvgIpc) is 3.09. The van der Waals surface area contributed by atoms with E-state index in [2.05, 4.69) is 20.8 Å². The Balaban J connectivity index is 2.14. The predicted molar refractivity (Wildman–Crippen MR) is 134 cm³/mol. The highest BCUT2D eigenvalue weighted by atomic mass is 32.2. The molecule has 0 aromatic rings. The second-order valence-electron chi connectivity index (χ2n) is 12.0. The van der Waals surface area contributed by atoms with Gasteiger partial charge in [0.1, 0.15) is 17.3 Å². The summed E-state index contributed by atoms with van der Waals surface area (Å²) in [6.45, 7) is 14.1. The lowest BCUT2D eigenvalue weighted by atomic mass is 9.57. The summed E-state index contributed by atoms with van der Waals surface area (Å²) in [6, 6.07) is 0. The third kappa shape index (κ3) is 5.25. The van der Waals surface area contributed by atoms with E-state index in [1.54, 1.807) is 6.26 Å². The molecule has 2 saturated heterocycles. The van der Waals surface area contributed by atoms with E-state index in [-0.39, 0.29) is 36.0 Å². The van der Waals surface area contributed by atoms with Gasteiger partial charge in [0.05, 0.1) is 6.10 Å². The zero-order valence-corrected chi connectivity index (χ0v) is 23.3. The molecule has 0 radical (unpaired) electrons. The summed E-state index contributed by atoms with van der Waals surface area (Å²) >= 11 is 0. The van der Waals surface area contributed by atoms with Crippen LogP contribution in [-0.4, -0.2) is 50.6 Å². The molecule has 2 heterocycles. The molecule has 1 saturated carbocycles. The highest BCUT2D eigenvalue weighted by Gasteiger charge is 2.65. The van der Waals surface area contributed by atoms with Gasteiger partial charge in [-0.25, -0.2) is 0 Å². The van der Waals surface area contributed by atoms with Crippen LogP contribution in [0.5, 0.6) is 0 Å². The first-order valence-corrected chi connectivity index (χ1v) is 14.7. The molecule has 0 spiro atoms. The van der Waals surface area contributed by atoms with Crippen molar-refractivity contribution in [1.29, 1.82) is 0 Å². The summed E-state index contributed by atoms with van der Waals surface area (Å²) in [5.41, 5.74) is -1.43. The number of hydrogen-bond acceptors (Lipinski definition) is 6. The molecule has 1 unspecified atom stereocenters. The zero-order chi connectivity index (χ0) is 25.5. The lowest BCUT2D eigenvalue weighted by molar-refractivity contribution is -0.183. The third-order valence-electron chi connectivity index (χ3n) is 9.00. The van der Waals surface area contributed by atoms with E-state index in [0.717, 1.165) is 32.1 Å². The Labute approximate surface area is 208 Å². The monoisotopic (exact) mass is 498 g/mol. The summed E-state index contributed by atoms with van der Waals surface area (Å²) in [4.78, 5) is 25.0. The second-order valence-corrected chi connectivity index (χ2v) is 13.9. The van der Waals surface area contributed by atoms with Crippen LogP contribution in [0.3, 0.4) is 0 Å². The summed E-state index contributed by atoms with van der Waals surface area (Å²) in [5.74, 6) is 0.379. The van der Waals surface area contributed by atoms with Crippen LogP contribution in [0.15, 0.2) is 0 Å². The first-order chi connectivity index (χ1) is 15.8. The van der Waals surface area contributed by atoms with Crippen molar-refractivity contribution in [3.63, 3.8) is 0 Å². The van der Waals surface area contributed by atoms with Gasteiger partial charge in [0.2, 0.25) is 0 Å². The third-order valence-corrected chi connectivity index (χ3v) is 10.8. The Morgan fingerprint density at radius 2 is 1.76 bits per heavy atom. The quantitative estimate of drug-likeness (QED) is 0.469. The molecule has 0 N–H and O–H groups in total. The molecule has 34 heavy (non-hydrogen) atoms. The fraction of sp³-hybridized carbons (Fsp3) is 0.926. The molecule has 2 aliphatic heterocycles. The molecular formula is C27H46O6S. The van der Waals surface area contributed by atoms with Crippen LogP contribution in [0.2, 0.25) is 0 Å². The van der Waals surface area contributed by atoms with E-state index in [0.29, 0.717) is 31.1 Å². The molecule has 7 heteroatoms. The van der Waals surface area contributed by atoms with Crippen molar-refractivity contribution >= 4 is 22.7 Å². The number of carbonyl (C=O) groups excluding carboxylic acids is 2. The molecule has 2 bridgehead atoms. The molecule has 3 aliphatic rings. The molecule has 1 aliphatic carbocycles. The minimum atomic E-state index is -1.05. The summed E-state index contributed by atoms with van der Waals surface area (Å²) in [7, 11) is -1.05. The molecule has 9 atom stereocenters. The SMILES string of the molecule is CCCC(=O)O[C@]1(C)CCC[C@@](C)(S(C)=O)C[C@H]2O[C@@H]1[C@H]1[C@@H]2[C@](C)(OC(C)=O)CC[C@@H]1C(C)C. The number of fused-ring (bicyclic) bond motifs is 5. The Hall–Kier alpha value is -0.950. The maximum Gasteiger partial charge on any atom is 0.306 e. The van der Waals surface area contributed by atoms with Gasteiger partial charge >= 0.3 is 11.9 Å². The minimum absolute atomic E-state index is 0.0345. The van der Waals surface area contributed by atoms with E-state index in [9.17, 15) is 13.8 Å². The van der Waals surface area contributed by atoms with Gasteiger partial charge in [-0.2, -0.15) is 0 Å². The maximum atomic E-state index is 13.0. The van der Waals surface area contributed by atoms with E-state index < -0.39 is 26.7 Å². The molecule has 0 aromatic carbocycles. The van der Waals surface area contributed by atoms with Gasteiger partial charge in [0.25, 0.3) is 0 Å². The van der Waals surface area contributed by atoms with Gasteiger partial charge in [-0.1, -0.05) is 20.8 Å². The summed E-state index contributed by atoms with van der Waals surface area (Å²) < 4.78 is 31.8. The smallest absolute Gasteiger partial charge is 0.306 e. The van der Waals surface area contributed by atoms with Crippen LogP contribution in [-0.2, 0) is 34.6 Å². The van der Waals surface area contributed by atoms with Crippen LogP contribution in [0.25, 0.3) is 0 Å². The standard InChI is InChI=1S/C27H46O6S/c1-9-11-21(29)33-27(7)14-10-13-25(5,34(8)30)16-20-23-22(24(27)31-20)19(17(2)3)12-15-26(23,6)32-18(4)28/h17,19-20,22-24H,9-16H2,1-8H3/t19-,20-,22-,23-,24-,25-,26-,27-,34?/m1/s1. The lowest BCUT2D eigenvalue weighted by Gasteiger charge is -2.51. The minimum Gasteiger partial charge on any atom is -0.459 e. The largest absolute Gasteiger partial charge is 0.459 e. The summed E-state index contributed by atoms with van der Waals surface area (Å²) in [6.07, 6.45) is 7.05. The van der Waals surface area contributed by atoms with Crippen molar-refractivity contribution in [2.45, 2.75) is 128 Å². The van der Waals surface area contributed by atoms with Crippen molar-refractivity contribution in [2.75, 3.05) is 6.26 Å². The van der Waals surface area contributed by atoms with Crippen LogP contribution in [0.4, 0.5) is 0 Å². The van der Waals surface area contributed by atoms with E-state index in [1.165, 1.54) is 6.92 Å². The van der Waals surface area contributed by atoms with Crippen molar-refractivity contribution < 1.29 is 28.0 Å². The molecule has 196 valence electrons. The number of rotatable bonds is 6. The van der Waals surface area contributed by atoms with Crippen molar-refractivity contribution in [3.8, 4) is 0 Å². The van der Waals surface area contributed by atoms with Crippen molar-refractivity contribution in [1.82, 2.24) is 0 Å².